The number of ether oxygens (including phenoxy) is 1. The van der Waals surface area contributed by atoms with Crippen LogP contribution in [0.3, 0.4) is 0 Å². The first kappa shape index (κ1) is 29.2. The van der Waals surface area contributed by atoms with Gasteiger partial charge in [0, 0.05) is 33.8 Å². The average molecular weight is 602 g/mol. The van der Waals surface area contributed by atoms with E-state index in [0.29, 0.717) is 61.0 Å². The lowest BCUT2D eigenvalue weighted by Gasteiger charge is -2.16. The van der Waals surface area contributed by atoms with Gasteiger partial charge in [-0.2, -0.15) is 5.26 Å². The van der Waals surface area contributed by atoms with E-state index in [1.807, 2.05) is 31.1 Å². The van der Waals surface area contributed by atoms with Crippen molar-refractivity contribution in [2.75, 3.05) is 27.2 Å². The molecular formula is C31H28ClN5O4S. The van der Waals surface area contributed by atoms with Gasteiger partial charge in [0.1, 0.15) is 24.3 Å². The highest BCUT2D eigenvalue weighted by Gasteiger charge is 2.20. The molecule has 0 aliphatic carbocycles. The lowest BCUT2D eigenvalue weighted by atomic mass is 10.0. The van der Waals surface area contributed by atoms with Gasteiger partial charge in [0.2, 0.25) is 0 Å². The Morgan fingerprint density at radius 1 is 1.17 bits per heavy atom. The molecule has 9 nitrogen and oxygen atoms in total. The summed E-state index contributed by atoms with van der Waals surface area (Å²) in [6.07, 6.45) is 0.640. The number of aromatic nitrogens is 3. The maximum atomic E-state index is 13.7. The molecule has 3 heterocycles. The molecule has 0 atom stereocenters. The van der Waals surface area contributed by atoms with Gasteiger partial charge in [-0.3, -0.25) is 14.3 Å². The second-order valence-corrected chi connectivity index (χ2v) is 11.5. The third-order valence-electron chi connectivity index (χ3n) is 7.03. The number of pyridine rings is 1. The Kier molecular flexibility index (Phi) is 8.27. The largest absolute Gasteiger partial charge is 0.491 e. The van der Waals surface area contributed by atoms with Crippen LogP contribution in [-0.2, 0) is 13.0 Å². The van der Waals surface area contributed by atoms with Crippen LogP contribution in [0.1, 0.15) is 33.0 Å². The molecule has 0 unspecified atom stereocenters. The topological polar surface area (TPSA) is 121 Å². The fourth-order valence-electron chi connectivity index (χ4n) is 4.98. The molecule has 0 saturated carbocycles. The third-order valence-corrected chi connectivity index (χ3v) is 8.26. The van der Waals surface area contributed by atoms with Gasteiger partial charge in [-0.25, -0.2) is 9.78 Å². The highest BCUT2D eigenvalue weighted by molar-refractivity contribution is 7.18. The van der Waals surface area contributed by atoms with Crippen LogP contribution in [-0.4, -0.2) is 57.8 Å². The van der Waals surface area contributed by atoms with Crippen LogP contribution in [0.2, 0.25) is 5.02 Å². The monoisotopic (exact) mass is 601 g/mol. The lowest BCUT2D eigenvalue weighted by Crippen LogP contribution is -2.27. The molecule has 0 amide bonds. The van der Waals surface area contributed by atoms with Crippen molar-refractivity contribution in [3.63, 3.8) is 0 Å². The Hall–Kier alpha value is -4.30. The van der Waals surface area contributed by atoms with E-state index in [9.17, 15) is 20.0 Å². The van der Waals surface area contributed by atoms with Crippen molar-refractivity contribution in [1.29, 1.82) is 5.26 Å². The van der Waals surface area contributed by atoms with E-state index >= 15 is 0 Å². The summed E-state index contributed by atoms with van der Waals surface area (Å²) in [6, 6.07) is 13.0. The van der Waals surface area contributed by atoms with Gasteiger partial charge in [-0.15, -0.1) is 11.3 Å². The number of hydrogen-bond donors (Lipinski definition) is 1. The number of carboxylic acids is 1. The zero-order chi connectivity index (χ0) is 30.1. The predicted molar refractivity (Wildman–Crippen MR) is 165 cm³/mol. The van der Waals surface area contributed by atoms with Gasteiger partial charge in [-0.1, -0.05) is 17.7 Å². The Morgan fingerprint density at radius 3 is 2.67 bits per heavy atom. The summed E-state index contributed by atoms with van der Waals surface area (Å²) in [6.45, 7) is 4.66. The molecule has 11 heteroatoms. The van der Waals surface area contributed by atoms with E-state index in [0.717, 1.165) is 17.7 Å². The van der Waals surface area contributed by atoms with Gasteiger partial charge >= 0.3 is 5.97 Å². The second kappa shape index (κ2) is 11.9. The number of nitrogens with zero attached hydrogens (tertiary/aromatic N) is 5. The number of halogens is 1. The summed E-state index contributed by atoms with van der Waals surface area (Å²) in [5.41, 5.74) is 4.05. The lowest BCUT2D eigenvalue weighted by molar-refractivity contribution is 0.0699. The van der Waals surface area contributed by atoms with Gasteiger partial charge in [0.25, 0.3) is 5.56 Å². The van der Waals surface area contributed by atoms with E-state index < -0.39 is 5.97 Å². The SMILES string of the molecule is Cc1cc(-c2cc(Cl)ccc2OCCn2c(C)nc3ccc(CCN(C)C)c(C#N)c3c2=O)c2scc(C(=O)O)c2n1. The molecule has 5 aromatic rings. The van der Waals surface area contributed by atoms with Gasteiger partial charge in [-0.05, 0) is 70.3 Å². The summed E-state index contributed by atoms with van der Waals surface area (Å²) in [4.78, 5) is 36.5. The fraction of sp³-hybridized carbons (Fsp3) is 0.258. The molecule has 0 saturated heterocycles. The molecule has 2 aromatic carbocycles. The molecule has 214 valence electrons. The smallest absolute Gasteiger partial charge is 0.338 e. The van der Waals surface area contributed by atoms with Crippen LogP contribution >= 0.6 is 22.9 Å². The minimum atomic E-state index is -1.04. The number of carbonyl (C=O) groups is 1. The first-order chi connectivity index (χ1) is 20.1. The molecule has 0 fully saturated rings. The van der Waals surface area contributed by atoms with Crippen LogP contribution in [0.25, 0.3) is 32.2 Å². The molecular weight excluding hydrogens is 574 g/mol. The van der Waals surface area contributed by atoms with E-state index in [4.69, 9.17) is 16.3 Å². The van der Waals surface area contributed by atoms with Crippen LogP contribution in [0.4, 0.5) is 0 Å². The van der Waals surface area contributed by atoms with Crippen molar-refractivity contribution in [3.05, 3.63) is 85.4 Å². The highest BCUT2D eigenvalue weighted by atomic mass is 35.5. The van der Waals surface area contributed by atoms with Crippen LogP contribution < -0.4 is 10.3 Å². The minimum absolute atomic E-state index is 0.142. The summed E-state index contributed by atoms with van der Waals surface area (Å²) < 4.78 is 8.45. The summed E-state index contributed by atoms with van der Waals surface area (Å²) in [5, 5.41) is 22.0. The summed E-state index contributed by atoms with van der Waals surface area (Å²) in [5.74, 6) is 0.00498. The number of carboxylic acid groups (broad SMARTS) is 1. The Labute approximate surface area is 251 Å². The van der Waals surface area contributed by atoms with Crippen molar-refractivity contribution in [3.8, 4) is 22.9 Å². The van der Waals surface area contributed by atoms with Crippen molar-refractivity contribution < 1.29 is 14.6 Å². The van der Waals surface area contributed by atoms with Crippen LogP contribution in [0.15, 0.2) is 46.6 Å². The predicted octanol–water partition coefficient (Wildman–Crippen LogP) is 5.70. The molecule has 0 spiro atoms. The first-order valence-electron chi connectivity index (χ1n) is 13.2. The number of benzene rings is 2. The first-order valence-corrected chi connectivity index (χ1v) is 14.5. The molecule has 1 N–H and O–H groups in total. The molecule has 3 aromatic heterocycles. The van der Waals surface area contributed by atoms with Gasteiger partial charge < -0.3 is 14.7 Å². The quantitative estimate of drug-likeness (QED) is 0.228. The molecule has 0 aliphatic rings. The molecule has 5 rings (SSSR count). The Morgan fingerprint density at radius 2 is 1.95 bits per heavy atom. The number of hydrogen-bond acceptors (Lipinski definition) is 8. The zero-order valence-corrected chi connectivity index (χ0v) is 25.1. The molecule has 0 aliphatic heterocycles. The maximum Gasteiger partial charge on any atom is 0.338 e. The van der Waals surface area contributed by atoms with E-state index in [1.54, 1.807) is 43.5 Å². The van der Waals surface area contributed by atoms with E-state index in [1.165, 1.54) is 15.9 Å². The summed E-state index contributed by atoms with van der Waals surface area (Å²) in [7, 11) is 3.92. The van der Waals surface area contributed by atoms with Crippen molar-refractivity contribution >= 4 is 50.0 Å². The maximum absolute atomic E-state index is 13.7. The fourth-order valence-corrected chi connectivity index (χ4v) is 6.16. The number of rotatable bonds is 9. The minimum Gasteiger partial charge on any atom is -0.491 e. The van der Waals surface area contributed by atoms with Gasteiger partial charge in [0.05, 0.1) is 38.8 Å². The molecule has 42 heavy (non-hydrogen) atoms. The van der Waals surface area contributed by atoms with Crippen molar-refractivity contribution in [2.24, 2.45) is 0 Å². The number of likely N-dealkylation sites (N-methyl/N-ethyl adjacent to an activating group) is 1. The standard InChI is InChI=1S/C31H28ClN5O4S/c1-17-13-22(29-28(34-17)24(16-42-29)31(39)40)21-14-20(32)6-8-26(21)41-12-11-37-18(2)35-25-7-5-19(9-10-36(3)4)23(15-33)27(25)30(37)38/h5-8,13-14,16H,9-12H2,1-4H3,(H,39,40). The highest BCUT2D eigenvalue weighted by Crippen LogP contribution is 2.40. The average Bonchev–Trinajstić information content (AvgIpc) is 3.37. The Bertz CT molecular complexity index is 1960. The zero-order valence-electron chi connectivity index (χ0n) is 23.6. The van der Waals surface area contributed by atoms with Crippen molar-refractivity contribution in [1.82, 2.24) is 19.4 Å². The number of thiophene rings is 1. The van der Waals surface area contributed by atoms with Gasteiger partial charge in [0.15, 0.2) is 0 Å². The number of fused-ring (bicyclic) bond motifs is 2. The van der Waals surface area contributed by atoms with E-state index in [2.05, 4.69) is 16.0 Å². The van der Waals surface area contributed by atoms with Crippen LogP contribution in [0.5, 0.6) is 5.75 Å². The number of nitriles is 1. The second-order valence-electron chi connectivity index (χ2n) is 10.2. The molecule has 0 radical (unpaired) electrons. The molecule has 0 bridgehead atoms. The summed E-state index contributed by atoms with van der Waals surface area (Å²) >= 11 is 7.67. The third kappa shape index (κ3) is 5.59. The van der Waals surface area contributed by atoms with Crippen LogP contribution in [0, 0.1) is 25.2 Å². The van der Waals surface area contributed by atoms with Crippen molar-refractivity contribution in [2.45, 2.75) is 26.8 Å². The number of aryl methyl sites for hydroxylation is 2. The Balaban J connectivity index is 1.49. The number of aromatic carboxylic acids is 1. The normalized spacial score (nSPS) is 11.4. The van der Waals surface area contributed by atoms with E-state index in [-0.39, 0.29) is 24.3 Å².